The van der Waals surface area contributed by atoms with E-state index >= 15 is 0 Å². The van der Waals surface area contributed by atoms with Gasteiger partial charge in [0.25, 0.3) is 0 Å². The Bertz CT molecular complexity index is 646. The number of carbonyl (C=O) groups excluding carboxylic acids is 1. The first kappa shape index (κ1) is 12.6. The average molecular weight is 268 g/mol. The molecule has 1 aliphatic heterocycles. The third-order valence-corrected chi connectivity index (χ3v) is 3.53. The summed E-state index contributed by atoms with van der Waals surface area (Å²) in [6, 6.07) is 15.6. The van der Waals surface area contributed by atoms with Crippen LogP contribution in [-0.2, 0) is 9.53 Å². The highest BCUT2D eigenvalue weighted by atomic mass is 19.1. The van der Waals surface area contributed by atoms with Crippen molar-refractivity contribution in [2.45, 2.75) is 12.0 Å². The number of ether oxygens (including phenoxy) is 1. The van der Waals surface area contributed by atoms with Crippen LogP contribution in [0.1, 0.15) is 23.1 Å². The molecule has 0 spiro atoms. The van der Waals surface area contributed by atoms with Gasteiger partial charge in [-0.1, -0.05) is 49.0 Å². The van der Waals surface area contributed by atoms with E-state index in [0.717, 1.165) is 11.1 Å². The Kier molecular flexibility index (Phi) is 3.11. The van der Waals surface area contributed by atoms with Gasteiger partial charge in [-0.25, -0.2) is 9.18 Å². The van der Waals surface area contributed by atoms with Gasteiger partial charge in [-0.05, 0) is 23.3 Å². The lowest BCUT2D eigenvalue weighted by Gasteiger charge is -2.18. The van der Waals surface area contributed by atoms with E-state index in [0.29, 0.717) is 5.57 Å². The van der Waals surface area contributed by atoms with Crippen molar-refractivity contribution in [2.75, 3.05) is 0 Å². The van der Waals surface area contributed by atoms with Crippen LogP contribution in [0.4, 0.5) is 4.39 Å². The number of rotatable bonds is 2. The number of benzene rings is 2. The minimum Gasteiger partial charge on any atom is -0.453 e. The highest BCUT2D eigenvalue weighted by Gasteiger charge is 2.40. The van der Waals surface area contributed by atoms with Gasteiger partial charge in [-0.2, -0.15) is 0 Å². The summed E-state index contributed by atoms with van der Waals surface area (Å²) in [6.45, 7) is 3.84. The molecule has 100 valence electrons. The highest BCUT2D eigenvalue weighted by molar-refractivity contribution is 5.92. The molecule has 2 aromatic rings. The Hall–Kier alpha value is -2.42. The Morgan fingerprint density at radius 1 is 0.950 bits per heavy atom. The van der Waals surface area contributed by atoms with E-state index in [2.05, 4.69) is 6.58 Å². The zero-order valence-electron chi connectivity index (χ0n) is 10.8. The average Bonchev–Trinajstić information content (AvgIpc) is 2.77. The molecule has 1 heterocycles. The van der Waals surface area contributed by atoms with Gasteiger partial charge in [0.1, 0.15) is 11.9 Å². The zero-order valence-corrected chi connectivity index (χ0v) is 10.8. The summed E-state index contributed by atoms with van der Waals surface area (Å²) in [4.78, 5) is 11.8. The standard InChI is InChI=1S/C17H13FO2/c1-11-15(12-5-3-2-4-6-12)16(20-17(11)19)13-7-9-14(18)10-8-13/h2-10,15-16H,1H2. The predicted octanol–water partition coefficient (Wildman–Crippen LogP) is 3.76. The van der Waals surface area contributed by atoms with E-state index in [1.54, 1.807) is 12.1 Å². The number of halogens is 1. The molecule has 1 saturated heterocycles. The third kappa shape index (κ3) is 2.11. The minimum atomic E-state index is -0.446. The Morgan fingerprint density at radius 3 is 2.25 bits per heavy atom. The van der Waals surface area contributed by atoms with Crippen molar-refractivity contribution in [1.29, 1.82) is 0 Å². The molecule has 0 aromatic heterocycles. The Balaban J connectivity index is 2.02. The number of esters is 1. The smallest absolute Gasteiger partial charge is 0.334 e. The summed E-state index contributed by atoms with van der Waals surface area (Å²) in [5, 5.41) is 0. The van der Waals surface area contributed by atoms with Crippen molar-refractivity contribution in [1.82, 2.24) is 0 Å². The first-order valence-electron chi connectivity index (χ1n) is 6.37. The second-order valence-electron chi connectivity index (χ2n) is 4.79. The third-order valence-electron chi connectivity index (χ3n) is 3.53. The maximum absolute atomic E-state index is 13.0. The molecule has 2 aromatic carbocycles. The van der Waals surface area contributed by atoms with Crippen molar-refractivity contribution < 1.29 is 13.9 Å². The van der Waals surface area contributed by atoms with E-state index < -0.39 is 12.1 Å². The van der Waals surface area contributed by atoms with E-state index in [1.165, 1.54) is 12.1 Å². The number of carbonyl (C=O) groups is 1. The molecule has 0 saturated carbocycles. The van der Waals surface area contributed by atoms with Gasteiger partial charge in [0, 0.05) is 5.57 Å². The molecule has 0 aliphatic carbocycles. The van der Waals surface area contributed by atoms with Crippen molar-refractivity contribution >= 4 is 5.97 Å². The molecule has 20 heavy (non-hydrogen) atoms. The van der Waals surface area contributed by atoms with Gasteiger partial charge in [0.05, 0.1) is 5.92 Å². The second kappa shape index (κ2) is 4.93. The molecule has 2 unspecified atom stereocenters. The molecule has 3 heteroatoms. The lowest BCUT2D eigenvalue weighted by molar-refractivity contribution is -0.139. The fourth-order valence-electron chi connectivity index (χ4n) is 2.52. The Labute approximate surface area is 116 Å². The lowest BCUT2D eigenvalue weighted by Crippen LogP contribution is -2.07. The van der Waals surface area contributed by atoms with Crippen molar-refractivity contribution in [3.63, 3.8) is 0 Å². The summed E-state index contributed by atoms with van der Waals surface area (Å²) in [5.41, 5.74) is 2.18. The first-order valence-corrected chi connectivity index (χ1v) is 6.37. The quantitative estimate of drug-likeness (QED) is 0.612. The molecule has 0 N–H and O–H groups in total. The molecule has 0 radical (unpaired) electrons. The fourth-order valence-corrected chi connectivity index (χ4v) is 2.52. The van der Waals surface area contributed by atoms with Crippen LogP contribution in [0.2, 0.25) is 0 Å². The van der Waals surface area contributed by atoms with Crippen LogP contribution in [0.15, 0.2) is 66.7 Å². The zero-order chi connectivity index (χ0) is 14.1. The molecule has 2 atom stereocenters. The minimum absolute atomic E-state index is 0.228. The summed E-state index contributed by atoms with van der Waals surface area (Å²) in [7, 11) is 0. The normalized spacial score (nSPS) is 21.9. The van der Waals surface area contributed by atoms with Crippen LogP contribution in [-0.4, -0.2) is 5.97 Å². The van der Waals surface area contributed by atoms with Gasteiger partial charge >= 0.3 is 5.97 Å². The van der Waals surface area contributed by atoms with Gasteiger partial charge in [0.15, 0.2) is 0 Å². The summed E-state index contributed by atoms with van der Waals surface area (Å²) in [5.74, 6) is -0.935. The van der Waals surface area contributed by atoms with E-state index in [1.807, 2.05) is 30.3 Å². The Morgan fingerprint density at radius 2 is 1.60 bits per heavy atom. The van der Waals surface area contributed by atoms with Crippen LogP contribution >= 0.6 is 0 Å². The van der Waals surface area contributed by atoms with Gasteiger partial charge in [0.2, 0.25) is 0 Å². The number of hydrogen-bond donors (Lipinski definition) is 0. The monoisotopic (exact) mass is 268 g/mol. The molecule has 3 rings (SSSR count). The summed E-state index contributed by atoms with van der Waals surface area (Å²) in [6.07, 6.45) is -0.446. The molecule has 1 fully saturated rings. The summed E-state index contributed by atoms with van der Waals surface area (Å²) < 4.78 is 18.4. The molecule has 2 nitrogen and oxygen atoms in total. The molecule has 0 amide bonds. The number of hydrogen-bond acceptors (Lipinski definition) is 2. The van der Waals surface area contributed by atoms with Crippen LogP contribution in [0, 0.1) is 5.82 Å². The van der Waals surface area contributed by atoms with Gasteiger partial charge in [-0.15, -0.1) is 0 Å². The van der Waals surface area contributed by atoms with Gasteiger partial charge < -0.3 is 4.74 Å². The predicted molar refractivity (Wildman–Crippen MR) is 73.6 cm³/mol. The SMILES string of the molecule is C=C1C(=O)OC(c2ccc(F)cc2)C1c1ccccc1. The van der Waals surface area contributed by atoms with E-state index in [9.17, 15) is 9.18 Å². The maximum atomic E-state index is 13.0. The van der Waals surface area contributed by atoms with Crippen LogP contribution < -0.4 is 0 Å². The molecular formula is C17H13FO2. The highest BCUT2D eigenvalue weighted by Crippen LogP contribution is 2.44. The van der Waals surface area contributed by atoms with Crippen molar-refractivity contribution in [2.24, 2.45) is 0 Å². The molecular weight excluding hydrogens is 255 g/mol. The first-order chi connectivity index (χ1) is 9.66. The van der Waals surface area contributed by atoms with E-state index in [4.69, 9.17) is 4.74 Å². The largest absolute Gasteiger partial charge is 0.453 e. The molecule has 0 bridgehead atoms. The molecule has 1 aliphatic rings. The van der Waals surface area contributed by atoms with Gasteiger partial charge in [-0.3, -0.25) is 0 Å². The fraction of sp³-hybridized carbons (Fsp3) is 0.118. The van der Waals surface area contributed by atoms with Crippen molar-refractivity contribution in [3.8, 4) is 0 Å². The van der Waals surface area contributed by atoms with Crippen molar-refractivity contribution in [3.05, 3.63) is 83.7 Å². The lowest BCUT2D eigenvalue weighted by atomic mass is 9.86. The topological polar surface area (TPSA) is 26.3 Å². The second-order valence-corrected chi connectivity index (χ2v) is 4.79. The maximum Gasteiger partial charge on any atom is 0.334 e. The van der Waals surface area contributed by atoms with Crippen LogP contribution in [0.3, 0.4) is 0 Å². The number of cyclic esters (lactones) is 1. The van der Waals surface area contributed by atoms with E-state index in [-0.39, 0.29) is 11.7 Å². The van der Waals surface area contributed by atoms with Crippen LogP contribution in [0.25, 0.3) is 0 Å². The summed E-state index contributed by atoms with van der Waals surface area (Å²) >= 11 is 0. The van der Waals surface area contributed by atoms with Crippen LogP contribution in [0.5, 0.6) is 0 Å².